The summed E-state index contributed by atoms with van der Waals surface area (Å²) in [5.74, 6) is 0.901. The number of hydrogen-bond donors (Lipinski definition) is 1. The molecule has 2 atom stereocenters. The molecule has 116 valence electrons. The molecule has 0 aliphatic heterocycles. The van der Waals surface area contributed by atoms with Crippen LogP contribution in [0.25, 0.3) is 0 Å². The number of Topliss-reactive ketones (excluding diaryl/α,β-unsaturated/α-hetero) is 1. The van der Waals surface area contributed by atoms with E-state index < -0.39 is 5.60 Å². The van der Waals surface area contributed by atoms with Crippen LogP contribution in [0.3, 0.4) is 0 Å². The molecule has 0 spiro atoms. The van der Waals surface area contributed by atoms with Gasteiger partial charge in [-0.1, -0.05) is 12.1 Å². The fourth-order valence-corrected chi connectivity index (χ4v) is 3.19. The normalized spacial score (nSPS) is 24.1. The second-order valence-corrected chi connectivity index (χ2v) is 6.26. The molecule has 0 aromatic heterocycles. The highest BCUT2D eigenvalue weighted by molar-refractivity contribution is 5.80. The van der Waals surface area contributed by atoms with Gasteiger partial charge in [0, 0.05) is 25.3 Å². The topological polar surface area (TPSA) is 49.8 Å². The van der Waals surface area contributed by atoms with Gasteiger partial charge in [-0.15, -0.1) is 0 Å². The number of ketones is 1. The number of rotatable bonds is 5. The van der Waals surface area contributed by atoms with E-state index in [-0.39, 0.29) is 18.1 Å². The van der Waals surface area contributed by atoms with Gasteiger partial charge in [0.15, 0.2) is 0 Å². The number of methoxy groups -OCH3 is 1. The van der Waals surface area contributed by atoms with Crippen LogP contribution in [0.1, 0.15) is 37.2 Å². The lowest BCUT2D eigenvalue weighted by atomic mass is 9.72. The number of aliphatic hydroxyl groups is 1. The third kappa shape index (κ3) is 3.83. The van der Waals surface area contributed by atoms with E-state index in [2.05, 4.69) is 4.90 Å². The van der Waals surface area contributed by atoms with Crippen LogP contribution >= 0.6 is 0 Å². The minimum atomic E-state index is -0.936. The Morgan fingerprint density at radius 1 is 1.33 bits per heavy atom. The molecule has 0 heterocycles. The fraction of sp³-hybridized carbons (Fsp3) is 0.588. The molecule has 4 heteroatoms. The summed E-state index contributed by atoms with van der Waals surface area (Å²) in [6, 6.07) is 7.80. The molecular weight excluding hydrogens is 266 g/mol. The monoisotopic (exact) mass is 291 g/mol. The van der Waals surface area contributed by atoms with Gasteiger partial charge < -0.3 is 14.7 Å². The van der Waals surface area contributed by atoms with Crippen molar-refractivity contribution in [3.8, 4) is 5.75 Å². The van der Waals surface area contributed by atoms with E-state index in [1.807, 2.05) is 38.4 Å². The van der Waals surface area contributed by atoms with Gasteiger partial charge in [-0.05, 0) is 44.6 Å². The predicted molar refractivity (Wildman–Crippen MR) is 82.7 cm³/mol. The van der Waals surface area contributed by atoms with E-state index in [4.69, 9.17) is 4.74 Å². The van der Waals surface area contributed by atoms with E-state index >= 15 is 0 Å². The van der Waals surface area contributed by atoms with E-state index in [1.54, 1.807) is 7.11 Å². The van der Waals surface area contributed by atoms with Crippen LogP contribution < -0.4 is 4.74 Å². The van der Waals surface area contributed by atoms with E-state index in [9.17, 15) is 9.90 Å². The number of carbonyl (C=O) groups is 1. The zero-order valence-electron chi connectivity index (χ0n) is 13.1. The van der Waals surface area contributed by atoms with E-state index in [0.717, 1.165) is 24.3 Å². The first kappa shape index (κ1) is 16.0. The Morgan fingerprint density at radius 3 is 2.52 bits per heavy atom. The van der Waals surface area contributed by atoms with Crippen molar-refractivity contribution >= 4 is 5.78 Å². The van der Waals surface area contributed by atoms with Crippen molar-refractivity contribution in [1.29, 1.82) is 0 Å². The number of nitrogens with zero attached hydrogens (tertiary/aromatic N) is 1. The standard InChI is InChI=1S/C17H25NO3/c1-18(2)12-16(13-6-8-15(21-3)9-7-13)17(20)10-4-5-14(19)11-17/h6-9,16,20H,4-5,10-12H2,1-3H3. The Labute approximate surface area is 126 Å². The molecule has 1 aliphatic rings. The highest BCUT2D eigenvalue weighted by Crippen LogP contribution is 2.39. The second kappa shape index (κ2) is 6.58. The van der Waals surface area contributed by atoms with Gasteiger partial charge in [-0.2, -0.15) is 0 Å². The van der Waals surface area contributed by atoms with Crippen molar-refractivity contribution in [2.45, 2.75) is 37.2 Å². The molecule has 0 bridgehead atoms. The lowest BCUT2D eigenvalue weighted by molar-refractivity contribution is -0.129. The first-order valence-electron chi connectivity index (χ1n) is 7.47. The molecule has 1 saturated carbocycles. The molecule has 21 heavy (non-hydrogen) atoms. The quantitative estimate of drug-likeness (QED) is 0.903. The SMILES string of the molecule is COc1ccc(C(CN(C)C)C2(O)CCCC(=O)C2)cc1. The summed E-state index contributed by atoms with van der Waals surface area (Å²) in [6.45, 7) is 0.718. The maximum absolute atomic E-state index is 11.8. The molecule has 4 nitrogen and oxygen atoms in total. The van der Waals surface area contributed by atoms with Crippen LogP contribution in [-0.4, -0.2) is 49.1 Å². The number of ether oxygens (including phenoxy) is 1. The molecular formula is C17H25NO3. The summed E-state index contributed by atoms with van der Waals surface area (Å²) >= 11 is 0. The third-order valence-electron chi connectivity index (χ3n) is 4.28. The van der Waals surface area contributed by atoms with Crippen molar-refractivity contribution < 1.29 is 14.6 Å². The Kier molecular flexibility index (Phi) is 5.01. The molecule has 0 radical (unpaired) electrons. The minimum absolute atomic E-state index is 0.0670. The molecule has 1 fully saturated rings. The van der Waals surface area contributed by atoms with Crippen LogP contribution in [0.5, 0.6) is 5.75 Å². The van der Waals surface area contributed by atoms with Gasteiger partial charge in [0.25, 0.3) is 0 Å². The van der Waals surface area contributed by atoms with Gasteiger partial charge in [-0.25, -0.2) is 0 Å². The summed E-state index contributed by atoms with van der Waals surface area (Å²) in [5.41, 5.74) is 0.121. The molecule has 2 rings (SSSR count). The number of hydrogen-bond acceptors (Lipinski definition) is 4. The maximum Gasteiger partial charge on any atom is 0.135 e. The molecule has 0 amide bonds. The smallest absolute Gasteiger partial charge is 0.135 e. The lowest BCUT2D eigenvalue weighted by Gasteiger charge is -2.40. The third-order valence-corrected chi connectivity index (χ3v) is 4.28. The van der Waals surface area contributed by atoms with Crippen molar-refractivity contribution in [2.75, 3.05) is 27.7 Å². The Hall–Kier alpha value is -1.39. The Balaban J connectivity index is 2.30. The van der Waals surface area contributed by atoms with Gasteiger partial charge in [-0.3, -0.25) is 4.79 Å². The van der Waals surface area contributed by atoms with Crippen molar-refractivity contribution in [3.63, 3.8) is 0 Å². The molecule has 1 N–H and O–H groups in total. The minimum Gasteiger partial charge on any atom is -0.497 e. The first-order chi connectivity index (χ1) is 9.94. The second-order valence-electron chi connectivity index (χ2n) is 6.26. The van der Waals surface area contributed by atoms with Gasteiger partial charge >= 0.3 is 0 Å². The predicted octanol–water partition coefficient (Wildman–Crippen LogP) is 2.21. The average Bonchev–Trinajstić information content (AvgIpc) is 2.44. The van der Waals surface area contributed by atoms with Crippen LogP contribution in [0.2, 0.25) is 0 Å². The number of benzene rings is 1. The van der Waals surface area contributed by atoms with E-state index in [1.165, 1.54) is 0 Å². The largest absolute Gasteiger partial charge is 0.497 e. The summed E-state index contributed by atoms with van der Waals surface area (Å²) in [6.07, 6.45) is 2.32. The van der Waals surface area contributed by atoms with Crippen molar-refractivity contribution in [2.24, 2.45) is 0 Å². The van der Waals surface area contributed by atoms with Gasteiger partial charge in [0.2, 0.25) is 0 Å². The van der Waals surface area contributed by atoms with Crippen LogP contribution in [0, 0.1) is 0 Å². The Morgan fingerprint density at radius 2 is 2.00 bits per heavy atom. The fourth-order valence-electron chi connectivity index (χ4n) is 3.19. The maximum atomic E-state index is 11.8. The van der Waals surface area contributed by atoms with Crippen LogP contribution in [0.15, 0.2) is 24.3 Å². The molecule has 0 saturated heterocycles. The van der Waals surface area contributed by atoms with Crippen molar-refractivity contribution in [1.82, 2.24) is 4.90 Å². The number of likely N-dealkylation sites (N-methyl/N-ethyl adjacent to an activating group) is 1. The van der Waals surface area contributed by atoms with Gasteiger partial charge in [0.1, 0.15) is 11.5 Å². The number of carbonyl (C=O) groups excluding carboxylic acids is 1. The highest BCUT2D eigenvalue weighted by atomic mass is 16.5. The first-order valence-corrected chi connectivity index (χ1v) is 7.47. The zero-order chi connectivity index (χ0) is 15.5. The summed E-state index contributed by atoms with van der Waals surface area (Å²) in [4.78, 5) is 13.9. The average molecular weight is 291 g/mol. The summed E-state index contributed by atoms with van der Waals surface area (Å²) in [5, 5.41) is 11.1. The van der Waals surface area contributed by atoms with E-state index in [0.29, 0.717) is 12.8 Å². The molecule has 1 aliphatic carbocycles. The lowest BCUT2D eigenvalue weighted by Crippen LogP contribution is -2.45. The Bertz CT molecular complexity index is 483. The van der Waals surface area contributed by atoms with Crippen LogP contribution in [0.4, 0.5) is 0 Å². The summed E-state index contributed by atoms with van der Waals surface area (Å²) < 4.78 is 5.19. The van der Waals surface area contributed by atoms with Gasteiger partial charge in [0.05, 0.1) is 12.7 Å². The summed E-state index contributed by atoms with van der Waals surface area (Å²) in [7, 11) is 5.62. The highest BCUT2D eigenvalue weighted by Gasteiger charge is 2.41. The molecule has 1 aromatic rings. The molecule has 1 aromatic carbocycles. The van der Waals surface area contributed by atoms with Crippen molar-refractivity contribution in [3.05, 3.63) is 29.8 Å². The molecule has 2 unspecified atom stereocenters. The van der Waals surface area contributed by atoms with Crippen LogP contribution in [-0.2, 0) is 4.79 Å². The zero-order valence-corrected chi connectivity index (χ0v) is 13.1.